The van der Waals surface area contributed by atoms with Crippen LogP contribution < -0.4 is 5.43 Å². The molecule has 0 unspecified atom stereocenters. The van der Waals surface area contributed by atoms with E-state index in [9.17, 15) is 9.90 Å². The highest BCUT2D eigenvalue weighted by Crippen LogP contribution is 2.30. The number of hydrogen-bond acceptors (Lipinski definition) is 3. The lowest BCUT2D eigenvalue weighted by atomic mass is 10.2. The zero-order valence-electron chi connectivity index (χ0n) is 10.8. The molecule has 0 heterocycles. The van der Waals surface area contributed by atoms with Crippen molar-refractivity contribution in [2.45, 2.75) is 0 Å². The van der Waals surface area contributed by atoms with Gasteiger partial charge in [0.05, 0.1) is 21.8 Å². The highest BCUT2D eigenvalue weighted by Gasteiger charge is 2.10. The van der Waals surface area contributed by atoms with E-state index in [1.807, 2.05) is 0 Å². The van der Waals surface area contributed by atoms with E-state index in [-0.39, 0.29) is 26.9 Å². The van der Waals surface area contributed by atoms with E-state index in [2.05, 4.69) is 10.5 Å². The number of carbonyl (C=O) groups is 1. The monoisotopic (exact) mass is 376 g/mol. The molecule has 0 bridgehead atoms. The van der Waals surface area contributed by atoms with E-state index in [1.54, 1.807) is 6.07 Å². The van der Waals surface area contributed by atoms with Crippen LogP contribution in [0.4, 0.5) is 0 Å². The molecule has 0 radical (unpaired) electrons. The average molecular weight is 378 g/mol. The smallest absolute Gasteiger partial charge is 0.272 e. The quantitative estimate of drug-likeness (QED) is 0.597. The molecule has 1 amide bonds. The summed E-state index contributed by atoms with van der Waals surface area (Å²) < 4.78 is 0. The van der Waals surface area contributed by atoms with E-state index in [0.717, 1.165) is 0 Å². The van der Waals surface area contributed by atoms with Gasteiger partial charge in [-0.25, -0.2) is 5.43 Å². The lowest BCUT2D eigenvalue weighted by molar-refractivity contribution is 0.0955. The molecule has 0 spiro atoms. The normalized spacial score (nSPS) is 10.9. The Bertz CT molecular complexity index is 763. The summed E-state index contributed by atoms with van der Waals surface area (Å²) in [7, 11) is 0. The number of phenols is 1. The Labute approximate surface area is 146 Å². The molecule has 0 saturated heterocycles. The number of amides is 1. The number of benzene rings is 2. The second-order valence-corrected chi connectivity index (χ2v) is 5.84. The Morgan fingerprint density at radius 3 is 2.50 bits per heavy atom. The SMILES string of the molecule is O=C(NN=Cc1cc(Cl)cc(Cl)c1O)c1cc(Cl)ccc1Cl. The van der Waals surface area contributed by atoms with Crippen LogP contribution in [0, 0.1) is 0 Å². The van der Waals surface area contributed by atoms with Crippen LogP contribution in [0.2, 0.25) is 20.1 Å². The lowest BCUT2D eigenvalue weighted by Gasteiger charge is -2.04. The fourth-order valence-corrected chi connectivity index (χ4v) is 2.46. The summed E-state index contributed by atoms with van der Waals surface area (Å²) in [6.45, 7) is 0. The van der Waals surface area contributed by atoms with Gasteiger partial charge in [-0.3, -0.25) is 4.79 Å². The van der Waals surface area contributed by atoms with Gasteiger partial charge in [-0.2, -0.15) is 5.10 Å². The lowest BCUT2D eigenvalue weighted by Crippen LogP contribution is -2.18. The first kappa shape index (κ1) is 16.9. The summed E-state index contributed by atoms with van der Waals surface area (Å²) in [5, 5.41) is 14.5. The minimum atomic E-state index is -0.545. The van der Waals surface area contributed by atoms with E-state index < -0.39 is 5.91 Å². The second-order valence-electron chi connectivity index (χ2n) is 4.15. The summed E-state index contributed by atoms with van der Waals surface area (Å²) in [5.74, 6) is -0.735. The van der Waals surface area contributed by atoms with Gasteiger partial charge in [0.1, 0.15) is 5.75 Å². The standard InChI is InChI=1S/C14H8Cl4N2O2/c15-8-1-2-11(17)10(4-8)14(22)20-19-6-7-3-9(16)5-12(18)13(7)21/h1-6,21H,(H,20,22). The first-order chi connectivity index (χ1) is 10.4. The Balaban J connectivity index is 2.16. The molecule has 2 rings (SSSR count). The van der Waals surface area contributed by atoms with Crippen LogP contribution in [0.3, 0.4) is 0 Å². The van der Waals surface area contributed by atoms with Crippen molar-refractivity contribution in [1.82, 2.24) is 5.43 Å². The number of aromatic hydroxyl groups is 1. The van der Waals surface area contributed by atoms with Gasteiger partial charge in [0.15, 0.2) is 0 Å². The van der Waals surface area contributed by atoms with Crippen LogP contribution in [-0.2, 0) is 0 Å². The van der Waals surface area contributed by atoms with Crippen LogP contribution in [0.15, 0.2) is 35.4 Å². The molecule has 0 atom stereocenters. The van der Waals surface area contributed by atoms with Crippen molar-refractivity contribution in [3.63, 3.8) is 0 Å². The van der Waals surface area contributed by atoms with Gasteiger partial charge in [-0.1, -0.05) is 46.4 Å². The maximum absolute atomic E-state index is 11.9. The van der Waals surface area contributed by atoms with Crippen molar-refractivity contribution in [2.24, 2.45) is 5.10 Å². The van der Waals surface area contributed by atoms with Crippen LogP contribution in [0.25, 0.3) is 0 Å². The first-order valence-electron chi connectivity index (χ1n) is 5.85. The summed E-state index contributed by atoms with van der Waals surface area (Å²) in [6.07, 6.45) is 1.21. The molecule has 0 saturated carbocycles. The van der Waals surface area contributed by atoms with Crippen LogP contribution in [0.1, 0.15) is 15.9 Å². The zero-order chi connectivity index (χ0) is 16.3. The number of rotatable bonds is 3. The third-order valence-corrected chi connectivity index (χ3v) is 3.67. The minimum absolute atomic E-state index is 0.0816. The summed E-state index contributed by atoms with van der Waals surface area (Å²) in [5.41, 5.74) is 2.71. The molecular formula is C14H8Cl4N2O2. The molecule has 4 nitrogen and oxygen atoms in total. The van der Waals surface area contributed by atoms with Gasteiger partial charge in [0.2, 0.25) is 0 Å². The van der Waals surface area contributed by atoms with E-state index in [4.69, 9.17) is 46.4 Å². The average Bonchev–Trinajstić information content (AvgIpc) is 2.46. The summed E-state index contributed by atoms with van der Waals surface area (Å²) in [4.78, 5) is 11.9. The van der Waals surface area contributed by atoms with Gasteiger partial charge in [-0.05, 0) is 30.3 Å². The molecule has 2 aromatic carbocycles. The van der Waals surface area contributed by atoms with Crippen molar-refractivity contribution >= 4 is 58.5 Å². The van der Waals surface area contributed by atoms with Crippen molar-refractivity contribution in [3.8, 4) is 5.75 Å². The molecule has 0 aliphatic rings. The van der Waals surface area contributed by atoms with Gasteiger partial charge in [0.25, 0.3) is 5.91 Å². The molecule has 8 heteroatoms. The number of hydrogen-bond donors (Lipinski definition) is 2. The zero-order valence-corrected chi connectivity index (χ0v) is 13.8. The number of halogens is 4. The molecule has 0 aliphatic heterocycles. The third-order valence-electron chi connectivity index (χ3n) is 2.60. The maximum atomic E-state index is 11.9. The molecule has 22 heavy (non-hydrogen) atoms. The van der Waals surface area contributed by atoms with Crippen LogP contribution in [-0.4, -0.2) is 17.2 Å². The van der Waals surface area contributed by atoms with E-state index >= 15 is 0 Å². The number of nitrogens with zero attached hydrogens (tertiary/aromatic N) is 1. The summed E-state index contributed by atoms with van der Waals surface area (Å²) in [6, 6.07) is 7.33. The Morgan fingerprint density at radius 1 is 1.05 bits per heavy atom. The number of carbonyl (C=O) groups excluding carboxylic acids is 1. The number of nitrogens with one attached hydrogen (secondary N) is 1. The second kappa shape index (κ2) is 7.20. The Hall–Kier alpha value is -1.46. The molecule has 0 aliphatic carbocycles. The molecule has 2 aromatic rings. The predicted molar refractivity (Wildman–Crippen MR) is 89.6 cm³/mol. The number of phenolic OH excluding ortho intramolecular Hbond substituents is 1. The van der Waals surface area contributed by atoms with E-state index in [1.165, 1.54) is 30.5 Å². The summed E-state index contributed by atoms with van der Waals surface area (Å²) >= 11 is 23.3. The Morgan fingerprint density at radius 2 is 1.77 bits per heavy atom. The van der Waals surface area contributed by atoms with Gasteiger partial charge in [-0.15, -0.1) is 0 Å². The molecule has 0 fully saturated rings. The molecule has 2 N–H and O–H groups in total. The van der Waals surface area contributed by atoms with Crippen LogP contribution >= 0.6 is 46.4 Å². The highest BCUT2D eigenvalue weighted by molar-refractivity contribution is 6.36. The van der Waals surface area contributed by atoms with Gasteiger partial charge in [0, 0.05) is 15.6 Å². The minimum Gasteiger partial charge on any atom is -0.506 e. The molecule has 114 valence electrons. The van der Waals surface area contributed by atoms with Crippen molar-refractivity contribution < 1.29 is 9.90 Å². The maximum Gasteiger partial charge on any atom is 0.272 e. The molecular weight excluding hydrogens is 370 g/mol. The topological polar surface area (TPSA) is 61.7 Å². The largest absolute Gasteiger partial charge is 0.506 e. The predicted octanol–water partition coefficient (Wildman–Crippen LogP) is 4.77. The fraction of sp³-hybridized carbons (Fsp3) is 0. The third kappa shape index (κ3) is 4.05. The van der Waals surface area contributed by atoms with Crippen molar-refractivity contribution in [3.05, 3.63) is 61.5 Å². The Kier molecular flexibility index (Phi) is 5.53. The van der Waals surface area contributed by atoms with E-state index in [0.29, 0.717) is 10.0 Å². The van der Waals surface area contributed by atoms with Gasteiger partial charge < -0.3 is 5.11 Å². The first-order valence-corrected chi connectivity index (χ1v) is 7.36. The number of hydrazone groups is 1. The van der Waals surface area contributed by atoms with Crippen molar-refractivity contribution in [1.29, 1.82) is 0 Å². The fourth-order valence-electron chi connectivity index (χ4n) is 1.58. The van der Waals surface area contributed by atoms with Gasteiger partial charge >= 0.3 is 0 Å². The highest BCUT2D eigenvalue weighted by atomic mass is 35.5. The van der Waals surface area contributed by atoms with Crippen molar-refractivity contribution in [2.75, 3.05) is 0 Å². The van der Waals surface area contributed by atoms with Crippen LogP contribution in [0.5, 0.6) is 5.75 Å². The molecule has 0 aromatic heterocycles.